The van der Waals surface area contributed by atoms with Gasteiger partial charge < -0.3 is 5.32 Å². The van der Waals surface area contributed by atoms with Gasteiger partial charge in [0.25, 0.3) is 0 Å². The van der Waals surface area contributed by atoms with Crippen LogP contribution in [0.1, 0.15) is 71.6 Å². The van der Waals surface area contributed by atoms with Crippen LogP contribution >= 0.6 is 0 Å². The Balaban J connectivity index is 1.72. The average Bonchev–Trinajstić information content (AvgIpc) is 2.41. The summed E-state index contributed by atoms with van der Waals surface area (Å²) in [6, 6.07) is 0.733. The van der Waals surface area contributed by atoms with Crippen molar-refractivity contribution in [3.63, 3.8) is 0 Å². The standard InChI is InChI=1S/C19H31N/c1-3-5-6-7-18(20-8-4-2)19-12-15-9-16(13-19)11-17(10-15)14-19/h15-18,20H,4,6-14H2,1-2H3. The molecule has 4 rings (SSSR count). The van der Waals surface area contributed by atoms with Crippen molar-refractivity contribution in [1.29, 1.82) is 0 Å². The van der Waals surface area contributed by atoms with Crippen molar-refractivity contribution >= 4 is 0 Å². The third-order valence-electron chi connectivity index (χ3n) is 6.20. The van der Waals surface area contributed by atoms with Gasteiger partial charge in [-0.15, -0.1) is 11.8 Å². The van der Waals surface area contributed by atoms with E-state index in [9.17, 15) is 0 Å². The van der Waals surface area contributed by atoms with E-state index in [1.165, 1.54) is 38.6 Å². The van der Waals surface area contributed by atoms with E-state index in [0.29, 0.717) is 5.41 Å². The lowest BCUT2D eigenvalue weighted by Crippen LogP contribution is -2.56. The summed E-state index contributed by atoms with van der Waals surface area (Å²) in [5.74, 6) is 9.55. The number of hydrogen-bond donors (Lipinski definition) is 1. The molecule has 0 amide bonds. The maximum absolute atomic E-state index is 3.92. The molecule has 112 valence electrons. The molecule has 4 fully saturated rings. The van der Waals surface area contributed by atoms with Gasteiger partial charge in [0, 0.05) is 12.5 Å². The molecule has 0 aromatic carbocycles. The number of hydrogen-bond acceptors (Lipinski definition) is 1. The molecule has 4 aliphatic carbocycles. The fourth-order valence-corrected chi connectivity index (χ4v) is 5.89. The highest BCUT2D eigenvalue weighted by molar-refractivity contribution is 5.07. The quantitative estimate of drug-likeness (QED) is 0.708. The summed E-state index contributed by atoms with van der Waals surface area (Å²) in [5.41, 5.74) is 0.638. The van der Waals surface area contributed by atoms with E-state index in [1.807, 2.05) is 6.92 Å². The minimum Gasteiger partial charge on any atom is -0.313 e. The van der Waals surface area contributed by atoms with Crippen LogP contribution in [0.5, 0.6) is 0 Å². The second-order valence-corrected chi connectivity index (χ2v) is 7.75. The number of nitrogens with one attached hydrogen (secondary N) is 1. The van der Waals surface area contributed by atoms with Gasteiger partial charge in [-0.2, -0.15) is 0 Å². The summed E-state index contributed by atoms with van der Waals surface area (Å²) in [6.45, 7) is 5.45. The van der Waals surface area contributed by atoms with E-state index >= 15 is 0 Å². The summed E-state index contributed by atoms with van der Waals surface area (Å²) in [6.07, 6.45) is 12.8. The topological polar surface area (TPSA) is 12.0 Å². The average molecular weight is 273 g/mol. The highest BCUT2D eigenvalue weighted by Gasteiger charge is 2.53. The third-order valence-corrected chi connectivity index (χ3v) is 6.20. The van der Waals surface area contributed by atoms with Crippen LogP contribution < -0.4 is 5.32 Å². The predicted octanol–water partition coefficient (Wildman–Crippen LogP) is 4.37. The molecule has 4 aliphatic rings. The monoisotopic (exact) mass is 273 g/mol. The van der Waals surface area contributed by atoms with Crippen molar-refractivity contribution in [2.45, 2.75) is 77.7 Å². The van der Waals surface area contributed by atoms with E-state index in [2.05, 4.69) is 24.1 Å². The lowest BCUT2D eigenvalue weighted by Gasteiger charge is -2.59. The molecule has 0 aromatic rings. The van der Waals surface area contributed by atoms with Gasteiger partial charge in [-0.05, 0) is 88.0 Å². The molecule has 1 unspecified atom stereocenters. The molecule has 1 atom stereocenters. The van der Waals surface area contributed by atoms with Gasteiger partial charge in [0.05, 0.1) is 0 Å². The second kappa shape index (κ2) is 6.10. The molecule has 20 heavy (non-hydrogen) atoms. The zero-order valence-electron chi connectivity index (χ0n) is 13.4. The molecule has 0 aromatic heterocycles. The van der Waals surface area contributed by atoms with Crippen LogP contribution in [0, 0.1) is 35.0 Å². The van der Waals surface area contributed by atoms with Crippen LogP contribution in [0.3, 0.4) is 0 Å². The Morgan fingerprint density at radius 3 is 2.20 bits per heavy atom. The SMILES string of the molecule is CC#CCCC(NCCC)C12CC3CC(CC(C3)C1)C2. The highest BCUT2D eigenvalue weighted by Crippen LogP contribution is 2.61. The summed E-state index contributed by atoms with van der Waals surface area (Å²) in [5, 5.41) is 3.92. The van der Waals surface area contributed by atoms with Gasteiger partial charge in [-0.25, -0.2) is 0 Å². The largest absolute Gasteiger partial charge is 0.313 e. The molecule has 1 heteroatoms. The van der Waals surface area contributed by atoms with Crippen LogP contribution in [-0.4, -0.2) is 12.6 Å². The van der Waals surface area contributed by atoms with Crippen molar-refractivity contribution in [2.24, 2.45) is 23.2 Å². The Hall–Kier alpha value is -0.480. The lowest BCUT2D eigenvalue weighted by atomic mass is 9.47. The molecule has 4 bridgehead atoms. The summed E-state index contributed by atoms with van der Waals surface area (Å²) in [7, 11) is 0. The van der Waals surface area contributed by atoms with Crippen LogP contribution in [0.4, 0.5) is 0 Å². The fraction of sp³-hybridized carbons (Fsp3) is 0.895. The van der Waals surface area contributed by atoms with Gasteiger partial charge in [0.15, 0.2) is 0 Å². The van der Waals surface area contributed by atoms with Gasteiger partial charge in [0.2, 0.25) is 0 Å². The van der Waals surface area contributed by atoms with E-state index in [0.717, 1.165) is 30.2 Å². The first-order valence-electron chi connectivity index (χ1n) is 8.88. The number of rotatable bonds is 6. The Morgan fingerprint density at radius 2 is 1.70 bits per heavy atom. The zero-order valence-corrected chi connectivity index (χ0v) is 13.4. The first-order chi connectivity index (χ1) is 9.75. The maximum atomic E-state index is 3.92. The lowest BCUT2D eigenvalue weighted by molar-refractivity contribution is -0.0749. The van der Waals surface area contributed by atoms with Crippen molar-refractivity contribution < 1.29 is 0 Å². The zero-order chi connectivity index (χ0) is 14.0. The molecule has 1 nitrogen and oxygen atoms in total. The van der Waals surface area contributed by atoms with Gasteiger partial charge in [-0.1, -0.05) is 6.92 Å². The fourth-order valence-electron chi connectivity index (χ4n) is 5.89. The first kappa shape index (κ1) is 14.5. The van der Waals surface area contributed by atoms with E-state index in [4.69, 9.17) is 0 Å². The van der Waals surface area contributed by atoms with Crippen LogP contribution in [-0.2, 0) is 0 Å². The van der Waals surface area contributed by atoms with Crippen molar-refractivity contribution in [2.75, 3.05) is 6.54 Å². The summed E-state index contributed by atoms with van der Waals surface area (Å²) in [4.78, 5) is 0. The van der Waals surface area contributed by atoms with Crippen LogP contribution in [0.2, 0.25) is 0 Å². The molecule has 0 spiro atoms. The highest BCUT2D eigenvalue weighted by atomic mass is 14.9. The Bertz CT molecular complexity index is 351. The summed E-state index contributed by atoms with van der Waals surface area (Å²) < 4.78 is 0. The van der Waals surface area contributed by atoms with Crippen molar-refractivity contribution in [3.05, 3.63) is 0 Å². The Morgan fingerprint density at radius 1 is 1.10 bits per heavy atom. The maximum Gasteiger partial charge on any atom is 0.0133 e. The first-order valence-corrected chi connectivity index (χ1v) is 8.88. The molecule has 0 saturated heterocycles. The van der Waals surface area contributed by atoms with Gasteiger partial charge in [-0.3, -0.25) is 0 Å². The molecule has 0 radical (unpaired) electrons. The smallest absolute Gasteiger partial charge is 0.0133 e. The van der Waals surface area contributed by atoms with E-state index in [-0.39, 0.29) is 0 Å². The molecule has 1 N–H and O–H groups in total. The minimum atomic E-state index is 0.638. The second-order valence-electron chi connectivity index (χ2n) is 7.75. The third kappa shape index (κ3) is 2.77. The molecular formula is C19H31N. The van der Waals surface area contributed by atoms with Crippen LogP contribution in [0.25, 0.3) is 0 Å². The van der Waals surface area contributed by atoms with E-state index < -0.39 is 0 Å². The van der Waals surface area contributed by atoms with E-state index in [1.54, 1.807) is 19.3 Å². The molecular weight excluding hydrogens is 242 g/mol. The molecule has 0 heterocycles. The van der Waals surface area contributed by atoms with Crippen LogP contribution in [0.15, 0.2) is 0 Å². The minimum absolute atomic E-state index is 0.638. The van der Waals surface area contributed by atoms with Crippen molar-refractivity contribution in [3.8, 4) is 11.8 Å². The normalized spacial score (nSPS) is 39.4. The molecule has 4 saturated carbocycles. The summed E-state index contributed by atoms with van der Waals surface area (Å²) >= 11 is 0. The predicted molar refractivity (Wildman–Crippen MR) is 85.4 cm³/mol. The van der Waals surface area contributed by atoms with Crippen molar-refractivity contribution in [1.82, 2.24) is 5.32 Å². The van der Waals surface area contributed by atoms with Gasteiger partial charge in [0.1, 0.15) is 0 Å². The molecule has 0 aliphatic heterocycles. The Labute approximate surface area is 125 Å². The Kier molecular flexibility index (Phi) is 4.41. The van der Waals surface area contributed by atoms with Gasteiger partial charge >= 0.3 is 0 Å².